The predicted octanol–water partition coefficient (Wildman–Crippen LogP) is 4.11. The number of carbonyl (C=O) groups is 1. The molecule has 1 saturated heterocycles. The van der Waals surface area contributed by atoms with Gasteiger partial charge in [0.2, 0.25) is 5.91 Å². The maximum Gasteiger partial charge on any atom is 0.233 e. The molecular formula is C21H23ClN2O. The van der Waals surface area contributed by atoms with Crippen molar-refractivity contribution < 1.29 is 4.79 Å². The van der Waals surface area contributed by atoms with E-state index in [1.54, 1.807) is 0 Å². The van der Waals surface area contributed by atoms with Gasteiger partial charge in [-0.05, 0) is 42.7 Å². The molecule has 25 heavy (non-hydrogen) atoms. The number of nitrogens with zero attached hydrogens (tertiary/aromatic N) is 2. The molecule has 2 aliphatic rings. The van der Waals surface area contributed by atoms with Crippen LogP contribution in [0.3, 0.4) is 0 Å². The highest BCUT2D eigenvalue weighted by Gasteiger charge is 2.47. The summed E-state index contributed by atoms with van der Waals surface area (Å²) in [4.78, 5) is 17.7. The molecule has 2 aromatic carbocycles. The Balaban J connectivity index is 1.47. The van der Waals surface area contributed by atoms with Crippen molar-refractivity contribution in [3.05, 3.63) is 65.2 Å². The minimum absolute atomic E-state index is 0.300. The molecule has 0 atom stereocenters. The summed E-state index contributed by atoms with van der Waals surface area (Å²) < 4.78 is 0. The fourth-order valence-electron chi connectivity index (χ4n) is 4.03. The van der Waals surface area contributed by atoms with Gasteiger partial charge in [-0.15, -0.1) is 0 Å². The molecule has 0 spiro atoms. The van der Waals surface area contributed by atoms with Crippen molar-refractivity contribution in [1.29, 1.82) is 0 Å². The third kappa shape index (κ3) is 3.02. The van der Waals surface area contributed by atoms with E-state index < -0.39 is 0 Å². The lowest BCUT2D eigenvalue weighted by Crippen LogP contribution is -2.56. The van der Waals surface area contributed by atoms with Crippen molar-refractivity contribution >= 4 is 23.2 Å². The molecule has 4 rings (SSSR count). The van der Waals surface area contributed by atoms with E-state index in [0.717, 1.165) is 56.0 Å². The molecule has 1 aliphatic carbocycles. The smallest absolute Gasteiger partial charge is 0.233 e. The summed E-state index contributed by atoms with van der Waals surface area (Å²) in [5.74, 6) is 0.300. The lowest BCUT2D eigenvalue weighted by atomic mass is 9.63. The number of hydrogen-bond donors (Lipinski definition) is 0. The summed E-state index contributed by atoms with van der Waals surface area (Å²) in [7, 11) is 0. The summed E-state index contributed by atoms with van der Waals surface area (Å²) in [5, 5.41) is 0.724. The Labute approximate surface area is 154 Å². The van der Waals surface area contributed by atoms with Crippen LogP contribution in [0.5, 0.6) is 0 Å². The summed E-state index contributed by atoms with van der Waals surface area (Å²) in [5.41, 5.74) is 2.05. The molecule has 0 radical (unpaired) electrons. The van der Waals surface area contributed by atoms with Crippen LogP contribution in [-0.2, 0) is 10.2 Å². The van der Waals surface area contributed by atoms with Gasteiger partial charge >= 0.3 is 0 Å². The van der Waals surface area contributed by atoms with Gasteiger partial charge in [0.1, 0.15) is 0 Å². The van der Waals surface area contributed by atoms with Gasteiger partial charge in [-0.2, -0.15) is 0 Å². The molecule has 1 aliphatic heterocycles. The van der Waals surface area contributed by atoms with Crippen LogP contribution in [-0.4, -0.2) is 37.0 Å². The molecule has 4 heteroatoms. The SMILES string of the molecule is O=C(N1CCN(c2ccccc2)CC1)C1(c2ccc(Cl)cc2)CCC1. The number of halogens is 1. The highest BCUT2D eigenvalue weighted by molar-refractivity contribution is 6.30. The van der Waals surface area contributed by atoms with E-state index in [2.05, 4.69) is 34.1 Å². The average Bonchev–Trinajstić information content (AvgIpc) is 2.63. The zero-order chi connectivity index (χ0) is 17.3. The van der Waals surface area contributed by atoms with E-state index >= 15 is 0 Å². The van der Waals surface area contributed by atoms with Crippen molar-refractivity contribution in [3.8, 4) is 0 Å². The minimum Gasteiger partial charge on any atom is -0.368 e. The maximum absolute atomic E-state index is 13.3. The van der Waals surface area contributed by atoms with Crippen molar-refractivity contribution in [3.63, 3.8) is 0 Å². The Morgan fingerprint density at radius 3 is 2.08 bits per heavy atom. The van der Waals surface area contributed by atoms with Crippen molar-refractivity contribution in [2.24, 2.45) is 0 Å². The van der Waals surface area contributed by atoms with Crippen LogP contribution in [0.2, 0.25) is 5.02 Å². The van der Waals surface area contributed by atoms with Crippen LogP contribution in [0.1, 0.15) is 24.8 Å². The largest absolute Gasteiger partial charge is 0.368 e. The first-order chi connectivity index (χ1) is 12.2. The molecule has 1 heterocycles. The Morgan fingerprint density at radius 2 is 1.52 bits per heavy atom. The summed E-state index contributed by atoms with van der Waals surface area (Å²) in [6.07, 6.45) is 3.02. The molecule has 130 valence electrons. The molecule has 2 aromatic rings. The van der Waals surface area contributed by atoms with Gasteiger partial charge in [0, 0.05) is 36.9 Å². The van der Waals surface area contributed by atoms with Gasteiger partial charge in [0.05, 0.1) is 5.41 Å². The first-order valence-corrected chi connectivity index (χ1v) is 9.42. The van der Waals surface area contributed by atoms with Crippen molar-refractivity contribution in [1.82, 2.24) is 4.90 Å². The second kappa shape index (κ2) is 6.72. The molecule has 0 aromatic heterocycles. The Morgan fingerprint density at radius 1 is 0.880 bits per heavy atom. The molecule has 1 saturated carbocycles. The van der Waals surface area contributed by atoms with Gasteiger partial charge in [-0.25, -0.2) is 0 Å². The number of benzene rings is 2. The number of hydrogen-bond acceptors (Lipinski definition) is 2. The Hall–Kier alpha value is -2.00. The second-order valence-electron chi connectivity index (χ2n) is 7.06. The van der Waals surface area contributed by atoms with Crippen LogP contribution in [0.15, 0.2) is 54.6 Å². The van der Waals surface area contributed by atoms with Gasteiger partial charge in [0.25, 0.3) is 0 Å². The summed E-state index contributed by atoms with van der Waals surface area (Å²) in [6.45, 7) is 3.38. The average molecular weight is 355 g/mol. The van der Waals surface area contributed by atoms with Crippen molar-refractivity contribution in [2.45, 2.75) is 24.7 Å². The first kappa shape index (κ1) is 16.5. The monoisotopic (exact) mass is 354 g/mol. The highest BCUT2D eigenvalue weighted by atomic mass is 35.5. The molecule has 0 unspecified atom stereocenters. The fraction of sp³-hybridized carbons (Fsp3) is 0.381. The Bertz CT molecular complexity index is 732. The topological polar surface area (TPSA) is 23.6 Å². The lowest BCUT2D eigenvalue weighted by molar-refractivity contribution is -0.141. The Kier molecular flexibility index (Phi) is 4.43. The first-order valence-electron chi connectivity index (χ1n) is 9.04. The molecule has 0 N–H and O–H groups in total. The van der Waals surface area contributed by atoms with E-state index in [-0.39, 0.29) is 5.41 Å². The number of para-hydroxylation sites is 1. The third-order valence-electron chi connectivity index (χ3n) is 5.70. The van der Waals surface area contributed by atoms with Gasteiger partial charge in [0.15, 0.2) is 0 Å². The van der Waals surface area contributed by atoms with Crippen LogP contribution in [0.25, 0.3) is 0 Å². The number of anilines is 1. The van der Waals surface area contributed by atoms with Crippen LogP contribution in [0, 0.1) is 0 Å². The van der Waals surface area contributed by atoms with Crippen LogP contribution >= 0.6 is 11.6 Å². The summed E-state index contributed by atoms with van der Waals surface area (Å²) in [6, 6.07) is 18.3. The molecule has 3 nitrogen and oxygen atoms in total. The molecule has 1 amide bonds. The van der Waals surface area contributed by atoms with E-state index in [0.29, 0.717) is 5.91 Å². The normalized spacial score (nSPS) is 19.4. The number of amides is 1. The van der Waals surface area contributed by atoms with E-state index in [9.17, 15) is 4.79 Å². The van der Waals surface area contributed by atoms with E-state index in [1.165, 1.54) is 5.69 Å². The summed E-state index contributed by atoms with van der Waals surface area (Å²) >= 11 is 6.02. The molecule has 0 bridgehead atoms. The zero-order valence-electron chi connectivity index (χ0n) is 14.3. The van der Waals surface area contributed by atoms with E-state index in [1.807, 2.05) is 30.3 Å². The highest BCUT2D eigenvalue weighted by Crippen LogP contribution is 2.45. The maximum atomic E-state index is 13.3. The quantitative estimate of drug-likeness (QED) is 0.828. The third-order valence-corrected chi connectivity index (χ3v) is 5.95. The minimum atomic E-state index is -0.320. The number of rotatable bonds is 3. The zero-order valence-corrected chi connectivity index (χ0v) is 15.1. The van der Waals surface area contributed by atoms with Crippen LogP contribution < -0.4 is 4.90 Å². The molecular weight excluding hydrogens is 332 g/mol. The number of piperazine rings is 1. The second-order valence-corrected chi connectivity index (χ2v) is 7.49. The van der Waals surface area contributed by atoms with Gasteiger partial charge < -0.3 is 9.80 Å². The number of carbonyl (C=O) groups excluding carboxylic acids is 1. The van der Waals surface area contributed by atoms with Gasteiger partial charge in [-0.3, -0.25) is 4.79 Å². The predicted molar refractivity (Wildman–Crippen MR) is 102 cm³/mol. The van der Waals surface area contributed by atoms with Gasteiger partial charge in [-0.1, -0.05) is 48.4 Å². The lowest BCUT2D eigenvalue weighted by Gasteiger charge is -2.46. The van der Waals surface area contributed by atoms with E-state index in [4.69, 9.17) is 11.6 Å². The fourth-order valence-corrected chi connectivity index (χ4v) is 4.16. The molecule has 2 fully saturated rings. The van der Waals surface area contributed by atoms with Crippen molar-refractivity contribution in [2.75, 3.05) is 31.1 Å². The van der Waals surface area contributed by atoms with Crippen LogP contribution in [0.4, 0.5) is 5.69 Å². The standard InChI is InChI=1S/C21H23ClN2O/c22-18-9-7-17(8-10-18)21(11-4-12-21)20(25)24-15-13-23(14-16-24)19-5-2-1-3-6-19/h1-3,5-10H,4,11-16H2.